The molecule has 0 atom stereocenters. The zero-order chi connectivity index (χ0) is 15.8. The Kier molecular flexibility index (Phi) is 3.62. The van der Waals surface area contributed by atoms with Crippen molar-refractivity contribution in [1.82, 2.24) is 9.97 Å². The van der Waals surface area contributed by atoms with Crippen molar-refractivity contribution in [1.29, 1.82) is 0 Å². The first-order valence-electron chi connectivity index (χ1n) is 7.98. The normalized spacial score (nSPS) is 15.3. The van der Waals surface area contributed by atoms with Gasteiger partial charge in [0.2, 0.25) is 0 Å². The molecule has 1 aliphatic rings. The van der Waals surface area contributed by atoms with Gasteiger partial charge in [-0.25, -0.2) is 4.79 Å². The molecule has 2 heterocycles. The number of H-pyrrole nitrogens is 2. The average molecular weight is 328 g/mol. The van der Waals surface area contributed by atoms with Crippen LogP contribution in [0.1, 0.15) is 19.3 Å². The lowest BCUT2D eigenvalue weighted by Crippen LogP contribution is -2.29. The quantitative estimate of drug-likeness (QED) is 0.742. The van der Waals surface area contributed by atoms with E-state index < -0.39 is 0 Å². The molecule has 4 rings (SSSR count). The van der Waals surface area contributed by atoms with Crippen LogP contribution in [-0.2, 0) is 0 Å². The molecule has 4 nitrogen and oxygen atoms in total. The number of fused-ring (bicyclic) bond motifs is 1. The van der Waals surface area contributed by atoms with Crippen molar-refractivity contribution in [3.05, 3.63) is 51.9 Å². The van der Waals surface area contributed by atoms with Crippen molar-refractivity contribution in [3.8, 4) is 11.1 Å². The molecule has 2 aromatic carbocycles. The fourth-order valence-electron chi connectivity index (χ4n) is 3.32. The Morgan fingerprint density at radius 1 is 0.957 bits per heavy atom. The van der Waals surface area contributed by atoms with Crippen molar-refractivity contribution in [3.63, 3.8) is 0 Å². The van der Waals surface area contributed by atoms with Gasteiger partial charge in [0.1, 0.15) is 0 Å². The van der Waals surface area contributed by atoms with Crippen LogP contribution in [0.25, 0.3) is 22.2 Å². The lowest BCUT2D eigenvalue weighted by molar-refractivity contribution is 0.578. The first-order chi connectivity index (χ1) is 11.2. The molecular weight excluding hydrogens is 310 g/mol. The molecule has 1 aromatic heterocycles. The second-order valence-electron chi connectivity index (χ2n) is 6.03. The summed E-state index contributed by atoms with van der Waals surface area (Å²) in [6.07, 6.45) is 3.74. The number of aromatic nitrogens is 2. The Balaban J connectivity index is 1.79. The van der Waals surface area contributed by atoms with Crippen molar-refractivity contribution < 1.29 is 0 Å². The molecule has 0 amide bonds. The first-order valence-corrected chi connectivity index (χ1v) is 8.36. The maximum atomic E-state index is 11.4. The fourth-order valence-corrected chi connectivity index (χ4v) is 3.68. The Bertz CT molecular complexity index is 906. The summed E-state index contributed by atoms with van der Waals surface area (Å²) in [5, 5.41) is 0.784. The van der Waals surface area contributed by atoms with E-state index in [9.17, 15) is 4.79 Å². The summed E-state index contributed by atoms with van der Waals surface area (Å²) in [4.78, 5) is 19.4. The van der Waals surface area contributed by atoms with E-state index in [0.29, 0.717) is 0 Å². The van der Waals surface area contributed by atoms with Crippen LogP contribution in [-0.4, -0.2) is 23.1 Å². The molecule has 0 saturated carbocycles. The number of hydrogen-bond donors (Lipinski definition) is 2. The van der Waals surface area contributed by atoms with Gasteiger partial charge in [0, 0.05) is 18.7 Å². The minimum atomic E-state index is -0.190. The summed E-state index contributed by atoms with van der Waals surface area (Å²) >= 11 is 6.71. The van der Waals surface area contributed by atoms with E-state index in [-0.39, 0.29) is 5.69 Å². The minimum absolute atomic E-state index is 0.190. The molecule has 3 aromatic rings. The summed E-state index contributed by atoms with van der Waals surface area (Å²) < 4.78 is 0. The van der Waals surface area contributed by atoms with Gasteiger partial charge >= 0.3 is 5.69 Å². The molecular formula is C18H18ClN3O. The van der Waals surface area contributed by atoms with E-state index in [2.05, 4.69) is 27.0 Å². The van der Waals surface area contributed by atoms with Crippen LogP contribution in [0.3, 0.4) is 0 Å². The van der Waals surface area contributed by atoms with E-state index in [1.54, 1.807) is 0 Å². The molecule has 0 bridgehead atoms. The highest BCUT2D eigenvalue weighted by molar-refractivity contribution is 6.36. The lowest BCUT2D eigenvalue weighted by Gasteiger charge is -2.30. The third kappa shape index (κ3) is 2.63. The zero-order valence-electron chi connectivity index (χ0n) is 12.7. The summed E-state index contributed by atoms with van der Waals surface area (Å²) in [7, 11) is 0. The minimum Gasteiger partial charge on any atom is -0.370 e. The van der Waals surface area contributed by atoms with Crippen LogP contribution in [0.2, 0.25) is 5.02 Å². The van der Waals surface area contributed by atoms with Gasteiger partial charge in [-0.3, -0.25) is 0 Å². The summed E-state index contributed by atoms with van der Waals surface area (Å²) in [5.74, 6) is 0. The van der Waals surface area contributed by atoms with E-state index >= 15 is 0 Å². The van der Waals surface area contributed by atoms with Crippen LogP contribution < -0.4 is 10.6 Å². The highest BCUT2D eigenvalue weighted by Gasteiger charge is 2.16. The number of imidazole rings is 1. The Morgan fingerprint density at radius 2 is 1.74 bits per heavy atom. The molecule has 23 heavy (non-hydrogen) atoms. The van der Waals surface area contributed by atoms with Crippen molar-refractivity contribution in [2.45, 2.75) is 19.3 Å². The highest BCUT2D eigenvalue weighted by atomic mass is 35.5. The SMILES string of the molecule is O=c1[nH]c2ccc(-c3cccc(N4CCCCC4)c3Cl)cc2[nH]1. The summed E-state index contributed by atoms with van der Waals surface area (Å²) in [6, 6.07) is 12.0. The topological polar surface area (TPSA) is 51.9 Å². The van der Waals surface area contributed by atoms with Gasteiger partial charge in [0.25, 0.3) is 0 Å². The Labute approximate surface area is 139 Å². The second-order valence-corrected chi connectivity index (χ2v) is 6.40. The standard InChI is InChI=1S/C18H18ClN3O/c19-17-13(5-4-6-16(17)22-9-2-1-3-10-22)12-7-8-14-15(11-12)21-18(23)20-14/h4-8,11H,1-3,9-10H2,(H2,20,21,23). The van der Waals surface area contributed by atoms with Crippen molar-refractivity contribution >= 4 is 28.3 Å². The molecule has 1 saturated heterocycles. The Hall–Kier alpha value is -2.20. The van der Waals surface area contributed by atoms with Crippen molar-refractivity contribution in [2.75, 3.05) is 18.0 Å². The van der Waals surface area contributed by atoms with E-state index in [1.165, 1.54) is 19.3 Å². The number of nitrogens with one attached hydrogen (secondary N) is 2. The molecule has 1 aliphatic heterocycles. The molecule has 0 aliphatic carbocycles. The third-order valence-electron chi connectivity index (χ3n) is 4.50. The smallest absolute Gasteiger partial charge is 0.323 e. The number of rotatable bonds is 2. The maximum Gasteiger partial charge on any atom is 0.323 e. The largest absolute Gasteiger partial charge is 0.370 e. The number of nitrogens with zero attached hydrogens (tertiary/aromatic N) is 1. The van der Waals surface area contributed by atoms with Gasteiger partial charge in [-0.2, -0.15) is 0 Å². The number of hydrogen-bond acceptors (Lipinski definition) is 2. The van der Waals surface area contributed by atoms with Gasteiger partial charge in [-0.1, -0.05) is 29.8 Å². The first kappa shape index (κ1) is 14.4. The molecule has 0 spiro atoms. The number of aromatic amines is 2. The molecule has 2 N–H and O–H groups in total. The number of benzene rings is 2. The highest BCUT2D eigenvalue weighted by Crippen LogP contribution is 2.37. The van der Waals surface area contributed by atoms with Gasteiger partial charge < -0.3 is 14.9 Å². The predicted octanol–water partition coefficient (Wildman–Crippen LogP) is 4.17. The predicted molar refractivity (Wildman–Crippen MR) is 95.4 cm³/mol. The van der Waals surface area contributed by atoms with Gasteiger partial charge in [0.15, 0.2) is 0 Å². The van der Waals surface area contributed by atoms with Crippen LogP contribution in [0, 0.1) is 0 Å². The lowest BCUT2D eigenvalue weighted by atomic mass is 10.0. The van der Waals surface area contributed by atoms with E-state index in [4.69, 9.17) is 11.6 Å². The number of piperidine rings is 1. The van der Waals surface area contributed by atoms with E-state index in [0.717, 1.165) is 46.0 Å². The molecule has 0 radical (unpaired) electrons. The molecule has 1 fully saturated rings. The van der Waals surface area contributed by atoms with Gasteiger partial charge in [-0.05, 0) is 43.0 Å². The monoisotopic (exact) mass is 327 g/mol. The summed E-state index contributed by atoms with van der Waals surface area (Å²) in [5.41, 5.74) is 4.53. The second kappa shape index (κ2) is 5.78. The number of halogens is 1. The summed E-state index contributed by atoms with van der Waals surface area (Å²) in [6.45, 7) is 2.13. The number of anilines is 1. The van der Waals surface area contributed by atoms with Gasteiger partial charge in [0.05, 0.1) is 21.7 Å². The van der Waals surface area contributed by atoms with Crippen LogP contribution in [0.5, 0.6) is 0 Å². The fraction of sp³-hybridized carbons (Fsp3) is 0.278. The average Bonchev–Trinajstić information content (AvgIpc) is 2.95. The van der Waals surface area contributed by atoms with Crippen LogP contribution in [0.15, 0.2) is 41.2 Å². The molecule has 5 heteroatoms. The molecule has 0 unspecified atom stereocenters. The van der Waals surface area contributed by atoms with Crippen molar-refractivity contribution in [2.24, 2.45) is 0 Å². The molecule has 118 valence electrons. The third-order valence-corrected chi connectivity index (χ3v) is 4.90. The van der Waals surface area contributed by atoms with Gasteiger partial charge in [-0.15, -0.1) is 0 Å². The maximum absolute atomic E-state index is 11.4. The van der Waals surface area contributed by atoms with Crippen LogP contribution >= 0.6 is 11.6 Å². The zero-order valence-corrected chi connectivity index (χ0v) is 13.5. The van der Waals surface area contributed by atoms with E-state index in [1.807, 2.05) is 24.3 Å². The van der Waals surface area contributed by atoms with Crippen LogP contribution in [0.4, 0.5) is 5.69 Å². The Morgan fingerprint density at radius 3 is 2.57 bits per heavy atom.